The summed E-state index contributed by atoms with van der Waals surface area (Å²) in [5.41, 5.74) is 1.74. The molecule has 0 radical (unpaired) electrons. The van der Waals surface area contributed by atoms with Gasteiger partial charge in [0.1, 0.15) is 4.21 Å². The smallest absolute Gasteiger partial charge is 0.252 e. The molecule has 9 heteroatoms. The van der Waals surface area contributed by atoms with Gasteiger partial charge in [-0.2, -0.15) is 4.31 Å². The van der Waals surface area contributed by atoms with Crippen LogP contribution >= 0.6 is 22.9 Å². The van der Waals surface area contributed by atoms with Gasteiger partial charge in [-0.05, 0) is 42.0 Å². The number of nitrogens with one attached hydrogen (secondary N) is 1. The first-order chi connectivity index (χ1) is 15.4. The van der Waals surface area contributed by atoms with Gasteiger partial charge in [0, 0.05) is 48.2 Å². The molecule has 0 atom stereocenters. The molecule has 1 N–H and O–H groups in total. The molecular formula is C23H24ClN3O3S2. The third kappa shape index (κ3) is 5.57. The molecule has 2 aromatic carbocycles. The quantitative estimate of drug-likeness (QED) is 0.547. The maximum absolute atomic E-state index is 13.1. The molecule has 32 heavy (non-hydrogen) atoms. The van der Waals surface area contributed by atoms with Gasteiger partial charge in [-0.15, -0.1) is 11.3 Å². The number of piperazine rings is 1. The minimum atomic E-state index is -3.54. The van der Waals surface area contributed by atoms with E-state index >= 15 is 0 Å². The molecule has 0 aliphatic carbocycles. The van der Waals surface area contributed by atoms with E-state index in [1.54, 1.807) is 40.7 Å². The molecular weight excluding hydrogens is 466 g/mol. The summed E-state index contributed by atoms with van der Waals surface area (Å²) >= 11 is 7.05. The zero-order chi connectivity index (χ0) is 22.6. The van der Waals surface area contributed by atoms with Gasteiger partial charge in [0.05, 0.1) is 6.54 Å². The number of rotatable bonds is 7. The number of halogens is 1. The van der Waals surface area contributed by atoms with Crippen LogP contribution in [0.1, 0.15) is 20.8 Å². The van der Waals surface area contributed by atoms with Gasteiger partial charge in [-0.1, -0.05) is 41.9 Å². The van der Waals surface area contributed by atoms with E-state index in [2.05, 4.69) is 22.3 Å². The van der Waals surface area contributed by atoms with E-state index in [9.17, 15) is 13.2 Å². The van der Waals surface area contributed by atoms with Gasteiger partial charge in [-0.3, -0.25) is 9.69 Å². The van der Waals surface area contributed by atoms with Crippen molar-refractivity contribution in [2.45, 2.75) is 17.3 Å². The van der Waals surface area contributed by atoms with Gasteiger partial charge < -0.3 is 5.32 Å². The van der Waals surface area contributed by atoms with E-state index in [1.165, 1.54) is 16.9 Å². The predicted molar refractivity (Wildman–Crippen MR) is 127 cm³/mol. The summed E-state index contributed by atoms with van der Waals surface area (Å²) in [6.45, 7) is 3.43. The third-order valence-electron chi connectivity index (χ3n) is 5.34. The van der Waals surface area contributed by atoms with Crippen molar-refractivity contribution in [3.05, 3.63) is 87.8 Å². The zero-order valence-corrected chi connectivity index (χ0v) is 19.8. The molecule has 2 heterocycles. The summed E-state index contributed by atoms with van der Waals surface area (Å²) < 4.78 is 28.0. The van der Waals surface area contributed by atoms with Crippen molar-refractivity contribution in [1.29, 1.82) is 0 Å². The number of hydrogen-bond acceptors (Lipinski definition) is 5. The van der Waals surface area contributed by atoms with Crippen molar-refractivity contribution >= 4 is 38.9 Å². The second-order valence-electron chi connectivity index (χ2n) is 7.58. The molecule has 1 aliphatic heterocycles. The van der Waals surface area contributed by atoms with Gasteiger partial charge in [-0.25, -0.2) is 8.42 Å². The van der Waals surface area contributed by atoms with Crippen LogP contribution in [0.4, 0.5) is 0 Å². The Morgan fingerprint density at radius 3 is 2.31 bits per heavy atom. The first kappa shape index (κ1) is 22.9. The monoisotopic (exact) mass is 489 g/mol. The van der Waals surface area contributed by atoms with Gasteiger partial charge >= 0.3 is 0 Å². The predicted octanol–water partition coefficient (Wildman–Crippen LogP) is 3.84. The molecule has 0 saturated carbocycles. The Morgan fingerprint density at radius 1 is 0.938 bits per heavy atom. The fourth-order valence-corrected chi connectivity index (χ4v) is 6.56. The zero-order valence-electron chi connectivity index (χ0n) is 17.4. The van der Waals surface area contributed by atoms with E-state index in [0.717, 1.165) is 11.4 Å². The van der Waals surface area contributed by atoms with Crippen molar-refractivity contribution in [2.75, 3.05) is 26.2 Å². The van der Waals surface area contributed by atoms with Crippen molar-refractivity contribution in [3.8, 4) is 0 Å². The third-order valence-corrected chi connectivity index (χ3v) is 9.04. The van der Waals surface area contributed by atoms with Crippen LogP contribution < -0.4 is 5.32 Å². The summed E-state index contributed by atoms with van der Waals surface area (Å²) in [7, 11) is -3.54. The Morgan fingerprint density at radius 2 is 1.62 bits per heavy atom. The summed E-state index contributed by atoms with van der Waals surface area (Å²) in [6.07, 6.45) is 0. The van der Waals surface area contributed by atoms with Crippen LogP contribution in [0, 0.1) is 0 Å². The van der Waals surface area contributed by atoms with Crippen LogP contribution in [-0.2, 0) is 23.1 Å². The average Bonchev–Trinajstić information content (AvgIpc) is 3.29. The summed E-state index contributed by atoms with van der Waals surface area (Å²) in [4.78, 5) is 15.3. The number of hydrogen-bond donors (Lipinski definition) is 1. The summed E-state index contributed by atoms with van der Waals surface area (Å²) in [5.74, 6) is -0.228. The van der Waals surface area contributed by atoms with Crippen LogP contribution in [-0.4, -0.2) is 49.7 Å². The highest BCUT2D eigenvalue weighted by Crippen LogP contribution is 2.26. The first-order valence-corrected chi connectivity index (χ1v) is 12.9. The molecule has 0 bridgehead atoms. The SMILES string of the molecule is O=C(NCc1ccc(S(=O)(=O)N2CCN(Cc3ccccc3)CC2)s1)c1ccc(Cl)cc1. The Kier molecular flexibility index (Phi) is 7.27. The maximum atomic E-state index is 13.1. The van der Waals surface area contributed by atoms with E-state index in [1.807, 2.05) is 18.2 Å². The van der Waals surface area contributed by atoms with Crippen LogP contribution in [0.2, 0.25) is 5.02 Å². The lowest BCUT2D eigenvalue weighted by molar-refractivity contribution is 0.0951. The lowest BCUT2D eigenvalue weighted by atomic mass is 10.2. The number of benzene rings is 2. The van der Waals surface area contributed by atoms with E-state index in [0.29, 0.717) is 41.0 Å². The number of nitrogens with zero attached hydrogens (tertiary/aromatic N) is 2. The number of thiophene rings is 1. The molecule has 1 aromatic heterocycles. The van der Waals surface area contributed by atoms with Crippen molar-refractivity contribution in [3.63, 3.8) is 0 Å². The largest absolute Gasteiger partial charge is 0.347 e. The highest BCUT2D eigenvalue weighted by molar-refractivity contribution is 7.91. The molecule has 4 rings (SSSR count). The van der Waals surface area contributed by atoms with E-state index in [-0.39, 0.29) is 12.5 Å². The Balaban J connectivity index is 1.32. The van der Waals surface area contributed by atoms with E-state index < -0.39 is 10.0 Å². The summed E-state index contributed by atoms with van der Waals surface area (Å²) in [5, 5.41) is 3.39. The fraction of sp³-hybridized carbons (Fsp3) is 0.261. The van der Waals surface area contributed by atoms with Crippen LogP contribution in [0.3, 0.4) is 0 Å². The topological polar surface area (TPSA) is 69.7 Å². The average molecular weight is 490 g/mol. The summed E-state index contributed by atoms with van der Waals surface area (Å²) in [6, 6.07) is 20.2. The molecule has 1 amide bonds. The van der Waals surface area contributed by atoms with Gasteiger partial charge in [0.2, 0.25) is 0 Å². The number of carbonyl (C=O) groups is 1. The molecule has 1 fully saturated rings. The van der Waals surface area contributed by atoms with Crippen molar-refractivity contribution in [2.24, 2.45) is 0 Å². The van der Waals surface area contributed by atoms with E-state index in [4.69, 9.17) is 11.6 Å². The Hall–Kier alpha value is -2.23. The number of carbonyl (C=O) groups excluding carboxylic acids is 1. The molecule has 3 aromatic rings. The second-order valence-corrected chi connectivity index (χ2v) is 11.3. The lowest BCUT2D eigenvalue weighted by Crippen LogP contribution is -2.48. The second kappa shape index (κ2) is 10.1. The highest BCUT2D eigenvalue weighted by Gasteiger charge is 2.29. The molecule has 168 valence electrons. The number of sulfonamides is 1. The molecule has 1 saturated heterocycles. The molecule has 0 unspecified atom stereocenters. The lowest BCUT2D eigenvalue weighted by Gasteiger charge is -2.33. The normalized spacial score (nSPS) is 15.5. The standard InChI is InChI=1S/C23H24ClN3O3S2/c24-20-8-6-19(7-9-20)23(28)25-16-21-10-11-22(31-21)32(29,30)27-14-12-26(13-15-27)17-18-4-2-1-3-5-18/h1-11H,12-17H2,(H,25,28). The van der Waals surface area contributed by atoms with Gasteiger partial charge in [0.15, 0.2) is 0 Å². The Bertz CT molecular complexity index is 1160. The highest BCUT2D eigenvalue weighted by atomic mass is 35.5. The molecule has 0 spiro atoms. The molecule has 1 aliphatic rings. The van der Waals surface area contributed by atoms with Crippen LogP contribution in [0.25, 0.3) is 0 Å². The van der Waals surface area contributed by atoms with Crippen LogP contribution in [0.15, 0.2) is 70.9 Å². The van der Waals surface area contributed by atoms with Crippen LogP contribution in [0.5, 0.6) is 0 Å². The van der Waals surface area contributed by atoms with Gasteiger partial charge in [0.25, 0.3) is 15.9 Å². The van der Waals surface area contributed by atoms with Crippen molar-refractivity contribution in [1.82, 2.24) is 14.5 Å². The number of amides is 1. The minimum absolute atomic E-state index is 0.228. The first-order valence-electron chi connectivity index (χ1n) is 10.3. The molecule has 6 nitrogen and oxygen atoms in total. The van der Waals surface area contributed by atoms with Crippen molar-refractivity contribution < 1.29 is 13.2 Å². The fourth-order valence-electron chi connectivity index (χ4n) is 3.56. The minimum Gasteiger partial charge on any atom is -0.347 e. The Labute approximate surface area is 197 Å². The maximum Gasteiger partial charge on any atom is 0.252 e.